The molecule has 0 saturated heterocycles. The fourth-order valence-corrected chi connectivity index (χ4v) is 4.13. The van der Waals surface area contributed by atoms with E-state index in [1.165, 1.54) is 12.1 Å². The Labute approximate surface area is 179 Å². The topological polar surface area (TPSA) is 75.1 Å². The predicted octanol–water partition coefficient (Wildman–Crippen LogP) is 4.02. The van der Waals surface area contributed by atoms with Gasteiger partial charge in [-0.05, 0) is 55.9 Å². The van der Waals surface area contributed by atoms with Crippen LogP contribution in [0.15, 0.2) is 48.1 Å². The number of rotatable bonds is 8. The van der Waals surface area contributed by atoms with Crippen LogP contribution in [-0.4, -0.2) is 33.1 Å². The van der Waals surface area contributed by atoms with E-state index in [0.717, 1.165) is 41.1 Å². The van der Waals surface area contributed by atoms with Crippen molar-refractivity contribution < 1.29 is 14.3 Å². The first-order chi connectivity index (χ1) is 14.4. The highest BCUT2D eigenvalue weighted by molar-refractivity contribution is 7.09. The minimum atomic E-state index is -0.892. The van der Waals surface area contributed by atoms with Crippen LogP contribution in [0.4, 0.5) is 4.39 Å². The van der Waals surface area contributed by atoms with Crippen LogP contribution in [0.25, 0.3) is 11.1 Å². The number of aromatic nitrogens is 2. The van der Waals surface area contributed by atoms with Gasteiger partial charge in [-0.1, -0.05) is 12.1 Å². The largest absolute Gasteiger partial charge is 0.388 e. The quantitative estimate of drug-likeness (QED) is 0.572. The van der Waals surface area contributed by atoms with E-state index in [4.69, 9.17) is 0 Å². The number of nitrogens with one attached hydrogen (secondary N) is 1. The molecular formula is C23H24FN3O2S. The molecule has 1 fully saturated rings. The Kier molecular flexibility index (Phi) is 5.92. The molecule has 2 heterocycles. The molecule has 156 valence electrons. The SMILES string of the molecule is C[C@](O)(CNC(=O)c1cnc(CCc2nccs2)c(-c2ccc(F)cc2)c1)C1CC1. The number of halogens is 1. The summed E-state index contributed by atoms with van der Waals surface area (Å²) in [6.07, 6.45) is 6.73. The molecule has 4 rings (SSSR count). The normalized spacial score (nSPS) is 15.6. The van der Waals surface area contributed by atoms with Crippen molar-refractivity contribution in [3.05, 3.63) is 70.2 Å². The highest BCUT2D eigenvalue weighted by Crippen LogP contribution is 2.39. The van der Waals surface area contributed by atoms with Crippen LogP contribution in [0.3, 0.4) is 0 Å². The summed E-state index contributed by atoms with van der Waals surface area (Å²) in [5.74, 6) is -0.343. The van der Waals surface area contributed by atoms with Gasteiger partial charge in [-0.25, -0.2) is 9.37 Å². The second-order valence-electron chi connectivity index (χ2n) is 7.97. The number of benzene rings is 1. The Morgan fingerprint density at radius 1 is 1.27 bits per heavy atom. The molecule has 0 aliphatic heterocycles. The van der Waals surface area contributed by atoms with Gasteiger partial charge in [-0.3, -0.25) is 9.78 Å². The highest BCUT2D eigenvalue weighted by atomic mass is 32.1. The molecule has 2 N–H and O–H groups in total. The Hall–Kier alpha value is -2.64. The molecule has 1 atom stereocenters. The van der Waals surface area contributed by atoms with Crippen LogP contribution in [0.2, 0.25) is 0 Å². The minimum Gasteiger partial charge on any atom is -0.388 e. The average Bonchev–Trinajstić information content (AvgIpc) is 3.49. The standard InChI is InChI=1S/C23H24FN3O2S/c1-23(29,17-4-5-17)14-27-22(28)16-12-19(15-2-6-18(24)7-3-15)20(26-13-16)8-9-21-25-10-11-30-21/h2-3,6-7,10-13,17,29H,4-5,8-9,14H2,1H3,(H,27,28)/t23-/m0/s1. The van der Waals surface area contributed by atoms with E-state index in [1.54, 1.807) is 48.9 Å². The van der Waals surface area contributed by atoms with Gasteiger partial charge in [-0.15, -0.1) is 11.3 Å². The molecule has 0 unspecified atom stereocenters. The molecule has 1 saturated carbocycles. The number of hydrogen-bond acceptors (Lipinski definition) is 5. The van der Waals surface area contributed by atoms with E-state index in [0.29, 0.717) is 12.0 Å². The van der Waals surface area contributed by atoms with Gasteiger partial charge in [0, 0.05) is 42.0 Å². The summed E-state index contributed by atoms with van der Waals surface area (Å²) in [6, 6.07) is 7.98. The predicted molar refractivity (Wildman–Crippen MR) is 115 cm³/mol. The maximum Gasteiger partial charge on any atom is 0.252 e. The Balaban J connectivity index is 1.56. The molecule has 0 radical (unpaired) electrons. The zero-order valence-electron chi connectivity index (χ0n) is 16.8. The van der Waals surface area contributed by atoms with E-state index in [2.05, 4.69) is 15.3 Å². The molecule has 0 bridgehead atoms. The second kappa shape index (κ2) is 8.62. The first-order valence-corrected chi connectivity index (χ1v) is 10.9. The van der Waals surface area contributed by atoms with Crippen LogP contribution >= 0.6 is 11.3 Å². The van der Waals surface area contributed by atoms with Crippen molar-refractivity contribution in [3.63, 3.8) is 0 Å². The van der Waals surface area contributed by atoms with E-state index in [9.17, 15) is 14.3 Å². The van der Waals surface area contributed by atoms with Crippen molar-refractivity contribution >= 4 is 17.2 Å². The minimum absolute atomic E-state index is 0.203. The van der Waals surface area contributed by atoms with Gasteiger partial charge in [-0.2, -0.15) is 0 Å². The lowest BCUT2D eigenvalue weighted by atomic mass is 9.98. The number of nitrogens with zero attached hydrogens (tertiary/aromatic N) is 2. The molecular weight excluding hydrogens is 401 g/mol. The fraction of sp³-hybridized carbons (Fsp3) is 0.348. The van der Waals surface area contributed by atoms with Crippen molar-refractivity contribution in [2.75, 3.05) is 6.54 Å². The Morgan fingerprint density at radius 2 is 2.03 bits per heavy atom. The maximum absolute atomic E-state index is 13.4. The maximum atomic E-state index is 13.4. The summed E-state index contributed by atoms with van der Waals surface area (Å²) in [6.45, 7) is 1.96. The van der Waals surface area contributed by atoms with E-state index < -0.39 is 5.60 Å². The smallest absolute Gasteiger partial charge is 0.252 e. The number of aliphatic hydroxyl groups is 1. The summed E-state index contributed by atoms with van der Waals surface area (Å²) < 4.78 is 13.4. The van der Waals surface area contributed by atoms with Gasteiger partial charge in [0.15, 0.2) is 0 Å². The number of hydrogen-bond donors (Lipinski definition) is 2. The van der Waals surface area contributed by atoms with Crippen molar-refractivity contribution in [2.45, 2.75) is 38.2 Å². The first-order valence-electron chi connectivity index (χ1n) is 10.1. The monoisotopic (exact) mass is 425 g/mol. The van der Waals surface area contributed by atoms with Gasteiger partial charge >= 0.3 is 0 Å². The lowest BCUT2D eigenvalue weighted by Crippen LogP contribution is -2.42. The van der Waals surface area contributed by atoms with E-state index in [-0.39, 0.29) is 24.2 Å². The van der Waals surface area contributed by atoms with Gasteiger partial charge in [0.05, 0.1) is 16.2 Å². The molecule has 3 aromatic rings. The second-order valence-corrected chi connectivity index (χ2v) is 8.94. The molecule has 5 nitrogen and oxygen atoms in total. The summed E-state index contributed by atoms with van der Waals surface area (Å²) in [4.78, 5) is 21.6. The molecule has 0 spiro atoms. The number of carbonyl (C=O) groups is 1. The third-order valence-corrected chi connectivity index (χ3v) is 6.35. The Morgan fingerprint density at radius 3 is 2.70 bits per heavy atom. The van der Waals surface area contributed by atoms with Crippen molar-refractivity contribution in [1.29, 1.82) is 0 Å². The molecule has 7 heteroatoms. The summed E-state index contributed by atoms with van der Waals surface area (Å²) in [5.41, 5.74) is 1.96. The third-order valence-electron chi connectivity index (χ3n) is 5.51. The fourth-order valence-electron chi connectivity index (χ4n) is 3.51. The number of pyridine rings is 1. The lowest BCUT2D eigenvalue weighted by molar-refractivity contribution is 0.0354. The number of carbonyl (C=O) groups excluding carboxylic acids is 1. The zero-order chi connectivity index (χ0) is 21.1. The highest BCUT2D eigenvalue weighted by Gasteiger charge is 2.40. The first kappa shape index (κ1) is 20.6. The molecule has 1 amide bonds. The molecule has 2 aromatic heterocycles. The summed E-state index contributed by atoms with van der Waals surface area (Å²) in [5, 5.41) is 16.2. The number of aryl methyl sites for hydroxylation is 2. The zero-order valence-corrected chi connectivity index (χ0v) is 17.6. The van der Waals surface area contributed by atoms with Gasteiger partial charge in [0.2, 0.25) is 0 Å². The van der Waals surface area contributed by atoms with Gasteiger partial charge < -0.3 is 10.4 Å². The lowest BCUT2D eigenvalue weighted by Gasteiger charge is -2.23. The molecule has 1 aliphatic rings. The average molecular weight is 426 g/mol. The van der Waals surface area contributed by atoms with E-state index >= 15 is 0 Å². The van der Waals surface area contributed by atoms with Crippen molar-refractivity contribution in [3.8, 4) is 11.1 Å². The molecule has 1 aromatic carbocycles. The van der Waals surface area contributed by atoms with Crippen LogP contribution in [0.5, 0.6) is 0 Å². The van der Waals surface area contributed by atoms with Crippen molar-refractivity contribution in [1.82, 2.24) is 15.3 Å². The summed E-state index contributed by atoms with van der Waals surface area (Å²) in [7, 11) is 0. The van der Waals surface area contributed by atoms with Crippen LogP contribution in [0.1, 0.15) is 40.8 Å². The van der Waals surface area contributed by atoms with Crippen LogP contribution in [0, 0.1) is 11.7 Å². The molecule has 30 heavy (non-hydrogen) atoms. The Bertz CT molecular complexity index is 1020. The number of amides is 1. The molecule has 1 aliphatic carbocycles. The number of thiazole rings is 1. The van der Waals surface area contributed by atoms with Crippen molar-refractivity contribution in [2.24, 2.45) is 5.92 Å². The van der Waals surface area contributed by atoms with Gasteiger partial charge in [0.1, 0.15) is 5.82 Å². The van der Waals surface area contributed by atoms with Crippen LogP contribution < -0.4 is 5.32 Å². The third kappa shape index (κ3) is 4.91. The van der Waals surface area contributed by atoms with Crippen LogP contribution in [-0.2, 0) is 12.8 Å². The van der Waals surface area contributed by atoms with E-state index in [1.807, 2.05) is 5.38 Å². The summed E-state index contributed by atoms with van der Waals surface area (Å²) >= 11 is 1.59. The van der Waals surface area contributed by atoms with Gasteiger partial charge in [0.25, 0.3) is 5.91 Å².